The highest BCUT2D eigenvalue weighted by molar-refractivity contribution is 5.79. The van der Waals surface area contributed by atoms with Crippen LogP contribution in [0.3, 0.4) is 0 Å². The molecule has 1 aliphatic heterocycles. The molecule has 0 unspecified atom stereocenters. The molecule has 0 radical (unpaired) electrons. The zero-order chi connectivity index (χ0) is 14.8. The van der Waals surface area contributed by atoms with Crippen LogP contribution >= 0.6 is 0 Å². The molecular formula is C15H19N3O3. The molecule has 0 aliphatic carbocycles. The Hall–Kier alpha value is -2.08. The van der Waals surface area contributed by atoms with Crippen molar-refractivity contribution in [1.29, 1.82) is 0 Å². The number of hydrogen-bond donors (Lipinski definition) is 0. The maximum absolute atomic E-state index is 12.6. The Morgan fingerprint density at radius 3 is 3.10 bits per heavy atom. The molecule has 112 valence electrons. The van der Waals surface area contributed by atoms with Gasteiger partial charge in [0.05, 0.1) is 31.0 Å². The van der Waals surface area contributed by atoms with Crippen molar-refractivity contribution >= 4 is 5.91 Å². The zero-order valence-corrected chi connectivity index (χ0v) is 12.2. The number of amides is 1. The summed E-state index contributed by atoms with van der Waals surface area (Å²) in [6, 6.07) is 3.69. The van der Waals surface area contributed by atoms with Gasteiger partial charge in [0, 0.05) is 32.5 Å². The normalized spacial score (nSPS) is 21.6. The van der Waals surface area contributed by atoms with Crippen LogP contribution in [-0.4, -0.2) is 34.2 Å². The van der Waals surface area contributed by atoms with Crippen molar-refractivity contribution in [2.24, 2.45) is 13.0 Å². The Labute approximate surface area is 123 Å². The van der Waals surface area contributed by atoms with Crippen LogP contribution in [0, 0.1) is 5.92 Å². The molecule has 6 nitrogen and oxygen atoms in total. The summed E-state index contributed by atoms with van der Waals surface area (Å²) in [6.45, 7) is 1.08. The molecule has 2 atom stereocenters. The second-order valence-electron chi connectivity index (χ2n) is 5.41. The first-order chi connectivity index (χ1) is 10.1. The van der Waals surface area contributed by atoms with Gasteiger partial charge >= 0.3 is 0 Å². The fraction of sp³-hybridized carbons (Fsp3) is 0.467. The van der Waals surface area contributed by atoms with E-state index in [0.717, 1.165) is 17.7 Å². The van der Waals surface area contributed by atoms with Gasteiger partial charge in [-0.2, -0.15) is 5.10 Å². The molecular weight excluding hydrogens is 270 g/mol. The van der Waals surface area contributed by atoms with E-state index >= 15 is 0 Å². The van der Waals surface area contributed by atoms with Crippen molar-refractivity contribution in [2.75, 3.05) is 13.7 Å². The van der Waals surface area contributed by atoms with Gasteiger partial charge in [-0.1, -0.05) is 0 Å². The maximum atomic E-state index is 12.6. The quantitative estimate of drug-likeness (QED) is 0.860. The fourth-order valence-electron chi connectivity index (χ4n) is 2.76. The zero-order valence-electron chi connectivity index (χ0n) is 12.2. The molecule has 1 fully saturated rings. The van der Waals surface area contributed by atoms with E-state index in [9.17, 15) is 4.79 Å². The predicted octanol–water partition coefficient (Wildman–Crippen LogP) is 1.75. The molecule has 0 N–H and O–H groups in total. The number of aryl methyl sites for hydroxylation is 1. The summed E-state index contributed by atoms with van der Waals surface area (Å²) in [5, 5.41) is 4.16. The summed E-state index contributed by atoms with van der Waals surface area (Å²) in [5.74, 6) is 0.703. The Morgan fingerprint density at radius 2 is 2.43 bits per heavy atom. The number of carbonyl (C=O) groups is 1. The van der Waals surface area contributed by atoms with Crippen molar-refractivity contribution in [2.45, 2.75) is 19.1 Å². The smallest absolute Gasteiger partial charge is 0.228 e. The number of rotatable bonds is 4. The third-order valence-electron chi connectivity index (χ3n) is 3.81. The van der Waals surface area contributed by atoms with Gasteiger partial charge in [-0.05, 0) is 18.6 Å². The molecule has 1 amide bonds. The van der Waals surface area contributed by atoms with Crippen LogP contribution in [0.2, 0.25) is 0 Å². The second kappa shape index (κ2) is 5.73. The minimum absolute atomic E-state index is 0.0813. The van der Waals surface area contributed by atoms with Crippen molar-refractivity contribution < 1.29 is 13.9 Å². The number of aromatic nitrogens is 2. The lowest BCUT2D eigenvalue weighted by Crippen LogP contribution is -2.33. The highest BCUT2D eigenvalue weighted by Crippen LogP contribution is 2.35. The number of nitrogens with zero attached hydrogens (tertiary/aromatic N) is 3. The van der Waals surface area contributed by atoms with Crippen LogP contribution in [-0.2, 0) is 23.1 Å². The molecule has 1 saturated heterocycles. The van der Waals surface area contributed by atoms with E-state index < -0.39 is 0 Å². The van der Waals surface area contributed by atoms with Crippen LogP contribution in [0.15, 0.2) is 35.2 Å². The molecule has 3 heterocycles. The molecule has 3 rings (SSSR count). The Balaban J connectivity index is 1.70. The van der Waals surface area contributed by atoms with Crippen LogP contribution in [0.4, 0.5) is 0 Å². The number of furan rings is 1. The fourth-order valence-corrected chi connectivity index (χ4v) is 2.76. The summed E-state index contributed by atoms with van der Waals surface area (Å²) >= 11 is 0. The van der Waals surface area contributed by atoms with Gasteiger partial charge < -0.3 is 14.1 Å². The highest BCUT2D eigenvalue weighted by atomic mass is 16.5. The van der Waals surface area contributed by atoms with E-state index in [2.05, 4.69) is 5.10 Å². The van der Waals surface area contributed by atoms with Crippen molar-refractivity contribution in [3.8, 4) is 0 Å². The van der Waals surface area contributed by atoms with Crippen molar-refractivity contribution in [3.05, 3.63) is 42.1 Å². The van der Waals surface area contributed by atoms with E-state index in [1.165, 1.54) is 0 Å². The third kappa shape index (κ3) is 2.85. The second-order valence-corrected chi connectivity index (χ2v) is 5.41. The summed E-state index contributed by atoms with van der Waals surface area (Å²) in [4.78, 5) is 14.3. The van der Waals surface area contributed by atoms with Crippen LogP contribution < -0.4 is 0 Å². The lowest BCUT2D eigenvalue weighted by Gasteiger charge is -2.23. The van der Waals surface area contributed by atoms with E-state index in [4.69, 9.17) is 9.15 Å². The van der Waals surface area contributed by atoms with Crippen molar-refractivity contribution in [1.82, 2.24) is 14.7 Å². The average Bonchev–Trinajstić information content (AvgIpc) is 3.17. The van der Waals surface area contributed by atoms with Crippen LogP contribution in [0.25, 0.3) is 0 Å². The lowest BCUT2D eigenvalue weighted by atomic mass is 9.96. The standard InChI is InChI=1S/C15H19N3O3/c1-17(10-12-4-3-6-20-12)15(19)13-5-7-21-14(13)11-8-16-18(2)9-11/h3-4,6,8-9,13-14H,5,7,10H2,1-2H3/t13-,14+/m0/s1. The predicted molar refractivity (Wildman–Crippen MR) is 75.2 cm³/mol. The summed E-state index contributed by atoms with van der Waals surface area (Å²) in [6.07, 6.45) is 5.82. The Morgan fingerprint density at radius 1 is 1.57 bits per heavy atom. The van der Waals surface area contributed by atoms with Gasteiger partial charge in [0.25, 0.3) is 0 Å². The van der Waals surface area contributed by atoms with E-state index in [0.29, 0.717) is 13.2 Å². The Kier molecular flexibility index (Phi) is 3.79. The van der Waals surface area contributed by atoms with Gasteiger partial charge in [-0.15, -0.1) is 0 Å². The highest BCUT2D eigenvalue weighted by Gasteiger charge is 2.37. The van der Waals surface area contributed by atoms with Crippen molar-refractivity contribution in [3.63, 3.8) is 0 Å². The monoisotopic (exact) mass is 289 g/mol. The molecule has 0 spiro atoms. The molecule has 0 saturated carbocycles. The minimum Gasteiger partial charge on any atom is -0.467 e. The summed E-state index contributed by atoms with van der Waals surface area (Å²) in [7, 11) is 3.65. The van der Waals surface area contributed by atoms with Crippen LogP contribution in [0.5, 0.6) is 0 Å². The first-order valence-corrected chi connectivity index (χ1v) is 7.02. The largest absolute Gasteiger partial charge is 0.467 e. The van der Waals surface area contributed by atoms with Gasteiger partial charge in [0.15, 0.2) is 0 Å². The molecule has 0 aromatic carbocycles. The average molecular weight is 289 g/mol. The molecule has 6 heteroatoms. The SMILES string of the molecule is CN(Cc1ccco1)C(=O)[C@H]1CCO[C@@H]1c1cnn(C)c1. The Bertz CT molecular complexity index is 605. The first-order valence-electron chi connectivity index (χ1n) is 7.02. The first kappa shape index (κ1) is 13.9. The summed E-state index contributed by atoms with van der Waals surface area (Å²) in [5.41, 5.74) is 0.958. The topological polar surface area (TPSA) is 60.5 Å². The van der Waals surface area contributed by atoms with Gasteiger partial charge in [0.1, 0.15) is 5.76 Å². The van der Waals surface area contributed by atoms with E-state index in [1.54, 1.807) is 29.1 Å². The summed E-state index contributed by atoms with van der Waals surface area (Å²) < 4.78 is 12.8. The van der Waals surface area contributed by atoms with Gasteiger partial charge in [-0.3, -0.25) is 9.48 Å². The minimum atomic E-state index is -0.203. The molecule has 2 aromatic rings. The molecule has 21 heavy (non-hydrogen) atoms. The van der Waals surface area contributed by atoms with Crippen LogP contribution in [0.1, 0.15) is 23.8 Å². The molecule has 0 bridgehead atoms. The number of ether oxygens (including phenoxy) is 1. The van der Waals surface area contributed by atoms with Gasteiger partial charge in [-0.25, -0.2) is 0 Å². The van der Waals surface area contributed by atoms with E-state index in [-0.39, 0.29) is 17.9 Å². The van der Waals surface area contributed by atoms with Gasteiger partial charge in [0.2, 0.25) is 5.91 Å². The maximum Gasteiger partial charge on any atom is 0.228 e. The third-order valence-corrected chi connectivity index (χ3v) is 3.81. The number of hydrogen-bond acceptors (Lipinski definition) is 4. The lowest BCUT2D eigenvalue weighted by molar-refractivity contribution is -0.136. The molecule has 2 aromatic heterocycles. The van der Waals surface area contributed by atoms with E-state index in [1.807, 2.05) is 25.4 Å². The number of carbonyl (C=O) groups excluding carboxylic acids is 1. The molecule has 1 aliphatic rings.